The lowest BCUT2D eigenvalue weighted by atomic mass is 10.1. The Morgan fingerprint density at radius 3 is 2.45 bits per heavy atom. The lowest BCUT2D eigenvalue weighted by Crippen LogP contribution is -2.43. The number of carbonyl (C=O) groups excluding carboxylic acids is 1. The van der Waals surface area contributed by atoms with Crippen molar-refractivity contribution in [2.24, 2.45) is 0 Å². The van der Waals surface area contributed by atoms with Crippen LogP contribution in [0.25, 0.3) is 0 Å². The zero-order chi connectivity index (χ0) is 16.1. The fraction of sp³-hybridized carbons (Fsp3) is 0.389. The third kappa shape index (κ3) is 4.21. The van der Waals surface area contributed by atoms with Gasteiger partial charge in [0.15, 0.2) is 0 Å². The van der Waals surface area contributed by atoms with Crippen molar-refractivity contribution >= 4 is 5.91 Å². The van der Waals surface area contributed by atoms with Crippen LogP contribution in [0.1, 0.15) is 37.0 Å². The van der Waals surface area contributed by atoms with Crippen molar-refractivity contribution in [3.05, 3.63) is 59.5 Å². The third-order valence-corrected chi connectivity index (χ3v) is 3.90. The third-order valence-electron chi connectivity index (χ3n) is 3.90. The van der Waals surface area contributed by atoms with Crippen LogP contribution in [0.15, 0.2) is 46.9 Å². The Morgan fingerprint density at radius 2 is 1.86 bits per heavy atom. The molecule has 0 aliphatic heterocycles. The van der Waals surface area contributed by atoms with E-state index in [1.807, 2.05) is 75.2 Å². The molecule has 0 spiro atoms. The first-order valence-corrected chi connectivity index (χ1v) is 7.58. The molecule has 1 aromatic heterocycles. The molecule has 0 aliphatic rings. The Labute approximate surface area is 132 Å². The van der Waals surface area contributed by atoms with Gasteiger partial charge in [0.1, 0.15) is 11.5 Å². The van der Waals surface area contributed by atoms with Crippen LogP contribution in [-0.2, 0) is 11.3 Å². The highest BCUT2D eigenvalue weighted by atomic mass is 16.3. The Bertz CT molecular complexity index is 607. The molecule has 1 N–H and O–H groups in total. The maximum absolute atomic E-state index is 12.4. The van der Waals surface area contributed by atoms with Crippen LogP contribution < -0.4 is 5.32 Å². The maximum atomic E-state index is 12.4. The van der Waals surface area contributed by atoms with Crippen molar-refractivity contribution < 1.29 is 9.21 Å². The van der Waals surface area contributed by atoms with E-state index in [4.69, 9.17) is 4.42 Å². The number of rotatable bonds is 6. The number of furan rings is 1. The highest BCUT2D eigenvalue weighted by Crippen LogP contribution is 2.13. The Balaban J connectivity index is 1.91. The van der Waals surface area contributed by atoms with Gasteiger partial charge in [0.2, 0.25) is 5.91 Å². The number of nitrogens with one attached hydrogen (secondary N) is 1. The molecule has 2 rings (SSSR count). The second-order valence-corrected chi connectivity index (χ2v) is 5.74. The molecule has 2 atom stereocenters. The molecular weight excluding hydrogens is 276 g/mol. The summed E-state index contributed by atoms with van der Waals surface area (Å²) in [5, 5.41) is 3.06. The zero-order valence-corrected chi connectivity index (χ0v) is 13.7. The molecule has 1 aromatic carbocycles. The van der Waals surface area contributed by atoms with E-state index < -0.39 is 0 Å². The zero-order valence-electron chi connectivity index (χ0n) is 13.7. The van der Waals surface area contributed by atoms with Crippen molar-refractivity contribution in [1.82, 2.24) is 10.2 Å². The molecule has 2 aromatic rings. The number of amides is 1. The summed E-state index contributed by atoms with van der Waals surface area (Å²) in [5.41, 5.74) is 1.10. The van der Waals surface area contributed by atoms with Crippen LogP contribution in [0.5, 0.6) is 0 Å². The van der Waals surface area contributed by atoms with E-state index in [-0.39, 0.29) is 18.0 Å². The van der Waals surface area contributed by atoms with Gasteiger partial charge in [0.05, 0.1) is 18.6 Å². The number of hydrogen-bond acceptors (Lipinski definition) is 3. The largest absolute Gasteiger partial charge is 0.465 e. The van der Waals surface area contributed by atoms with Crippen LogP contribution in [-0.4, -0.2) is 23.9 Å². The number of hydrogen-bond donors (Lipinski definition) is 1. The van der Waals surface area contributed by atoms with Crippen molar-refractivity contribution in [2.75, 3.05) is 7.05 Å². The van der Waals surface area contributed by atoms with E-state index in [1.165, 1.54) is 0 Å². The number of nitrogens with zero attached hydrogens (tertiary/aromatic N) is 1. The molecule has 0 fully saturated rings. The molecule has 1 heterocycles. The molecule has 0 radical (unpaired) electrons. The average molecular weight is 300 g/mol. The highest BCUT2D eigenvalue weighted by Gasteiger charge is 2.20. The molecule has 0 bridgehead atoms. The molecule has 4 nitrogen and oxygen atoms in total. The van der Waals surface area contributed by atoms with Gasteiger partial charge in [-0.25, -0.2) is 0 Å². The summed E-state index contributed by atoms with van der Waals surface area (Å²) in [4.78, 5) is 14.4. The summed E-state index contributed by atoms with van der Waals surface area (Å²) in [6.45, 7) is 6.43. The Hall–Kier alpha value is -2.07. The van der Waals surface area contributed by atoms with Gasteiger partial charge in [0, 0.05) is 0 Å². The predicted molar refractivity (Wildman–Crippen MR) is 87.4 cm³/mol. The van der Waals surface area contributed by atoms with Crippen molar-refractivity contribution in [2.45, 2.75) is 39.4 Å². The minimum absolute atomic E-state index is 0.00425. The van der Waals surface area contributed by atoms with Gasteiger partial charge in [0.25, 0.3) is 0 Å². The van der Waals surface area contributed by atoms with Crippen LogP contribution in [0, 0.1) is 6.92 Å². The standard InChI is InChI=1S/C18H24N2O2/c1-13-10-11-17(22-13)12-20(4)15(3)18(21)19-14(2)16-8-6-5-7-9-16/h5-11,14-15H,12H2,1-4H3,(H,19,21)/t14-,15-/m1/s1. The second-order valence-electron chi connectivity index (χ2n) is 5.74. The topological polar surface area (TPSA) is 45.5 Å². The Morgan fingerprint density at radius 1 is 1.18 bits per heavy atom. The van der Waals surface area contributed by atoms with E-state index >= 15 is 0 Å². The molecule has 0 unspecified atom stereocenters. The van der Waals surface area contributed by atoms with Gasteiger partial charge in [-0.3, -0.25) is 9.69 Å². The fourth-order valence-electron chi connectivity index (χ4n) is 2.31. The summed E-state index contributed by atoms with van der Waals surface area (Å²) in [6.07, 6.45) is 0. The summed E-state index contributed by atoms with van der Waals surface area (Å²) < 4.78 is 5.56. The van der Waals surface area contributed by atoms with E-state index in [0.717, 1.165) is 17.1 Å². The minimum Gasteiger partial charge on any atom is -0.465 e. The molecule has 4 heteroatoms. The monoisotopic (exact) mass is 300 g/mol. The van der Waals surface area contributed by atoms with Crippen LogP contribution in [0.3, 0.4) is 0 Å². The summed E-state index contributed by atoms with van der Waals surface area (Å²) in [6, 6.07) is 13.6. The molecule has 0 aliphatic carbocycles. The van der Waals surface area contributed by atoms with Gasteiger partial charge < -0.3 is 9.73 Å². The van der Waals surface area contributed by atoms with Gasteiger partial charge in [-0.15, -0.1) is 0 Å². The lowest BCUT2D eigenvalue weighted by molar-refractivity contribution is -0.126. The number of benzene rings is 1. The Kier molecular flexibility index (Phi) is 5.39. The van der Waals surface area contributed by atoms with E-state index in [2.05, 4.69) is 5.32 Å². The maximum Gasteiger partial charge on any atom is 0.237 e. The SMILES string of the molecule is Cc1ccc(CN(C)[C@H](C)C(=O)N[C@H](C)c2ccccc2)o1. The smallest absolute Gasteiger partial charge is 0.237 e. The van der Waals surface area contributed by atoms with Gasteiger partial charge in [-0.1, -0.05) is 30.3 Å². The molecule has 0 saturated carbocycles. The summed E-state index contributed by atoms with van der Waals surface area (Å²) in [7, 11) is 1.93. The average Bonchev–Trinajstić information content (AvgIpc) is 2.92. The van der Waals surface area contributed by atoms with Crippen molar-refractivity contribution in [3.63, 3.8) is 0 Å². The summed E-state index contributed by atoms with van der Waals surface area (Å²) in [5.74, 6) is 1.77. The number of likely N-dealkylation sites (N-methyl/N-ethyl adjacent to an activating group) is 1. The fourth-order valence-corrected chi connectivity index (χ4v) is 2.31. The molecule has 0 saturated heterocycles. The van der Waals surface area contributed by atoms with E-state index in [1.54, 1.807) is 0 Å². The highest BCUT2D eigenvalue weighted by molar-refractivity contribution is 5.81. The first kappa shape index (κ1) is 16.3. The van der Waals surface area contributed by atoms with Gasteiger partial charge >= 0.3 is 0 Å². The predicted octanol–water partition coefficient (Wildman–Crippen LogP) is 3.29. The van der Waals surface area contributed by atoms with Crippen molar-refractivity contribution in [1.29, 1.82) is 0 Å². The van der Waals surface area contributed by atoms with Crippen LogP contribution in [0.4, 0.5) is 0 Å². The quantitative estimate of drug-likeness (QED) is 0.890. The van der Waals surface area contributed by atoms with Crippen LogP contribution in [0.2, 0.25) is 0 Å². The molecule has 1 amide bonds. The minimum atomic E-state index is -0.225. The van der Waals surface area contributed by atoms with E-state index in [9.17, 15) is 4.79 Å². The summed E-state index contributed by atoms with van der Waals surface area (Å²) >= 11 is 0. The van der Waals surface area contributed by atoms with Gasteiger partial charge in [-0.2, -0.15) is 0 Å². The first-order valence-electron chi connectivity index (χ1n) is 7.58. The number of carbonyl (C=O) groups is 1. The second kappa shape index (κ2) is 7.27. The van der Waals surface area contributed by atoms with E-state index in [0.29, 0.717) is 6.54 Å². The first-order chi connectivity index (χ1) is 10.5. The molecule has 22 heavy (non-hydrogen) atoms. The molecular formula is C18H24N2O2. The normalized spacial score (nSPS) is 13.9. The van der Waals surface area contributed by atoms with Crippen molar-refractivity contribution in [3.8, 4) is 0 Å². The number of aryl methyl sites for hydroxylation is 1. The lowest BCUT2D eigenvalue weighted by Gasteiger charge is -2.25. The van der Waals surface area contributed by atoms with Crippen LogP contribution >= 0.6 is 0 Å². The van der Waals surface area contributed by atoms with Gasteiger partial charge in [-0.05, 0) is 45.5 Å². The molecule has 118 valence electrons.